The third kappa shape index (κ3) is 1.95. The molecule has 0 saturated heterocycles. The van der Waals surface area contributed by atoms with Gasteiger partial charge in [0.1, 0.15) is 5.69 Å². The first-order chi connectivity index (χ1) is 6.66. The van der Waals surface area contributed by atoms with Crippen molar-refractivity contribution >= 4 is 39.1 Å². The van der Waals surface area contributed by atoms with Crippen molar-refractivity contribution in [3.05, 3.63) is 39.0 Å². The standard InChI is InChI=1S/C9H4BrCl2NO/c10-7-3-5(11)1-2-6(7)8-4-9(12)14-13-8/h1-4H. The van der Waals surface area contributed by atoms with Crippen LogP contribution in [0.2, 0.25) is 10.2 Å². The molecular formula is C9H4BrCl2NO. The van der Waals surface area contributed by atoms with E-state index in [4.69, 9.17) is 27.7 Å². The van der Waals surface area contributed by atoms with Crippen LogP contribution >= 0.6 is 39.1 Å². The maximum atomic E-state index is 5.81. The van der Waals surface area contributed by atoms with E-state index in [9.17, 15) is 0 Å². The molecule has 0 fully saturated rings. The zero-order valence-electron chi connectivity index (χ0n) is 6.80. The Labute approximate surface area is 98.9 Å². The highest BCUT2D eigenvalue weighted by Crippen LogP contribution is 2.30. The zero-order chi connectivity index (χ0) is 10.1. The lowest BCUT2D eigenvalue weighted by molar-refractivity contribution is 0.424. The zero-order valence-corrected chi connectivity index (χ0v) is 9.90. The molecule has 0 N–H and O–H groups in total. The molecule has 2 rings (SSSR count). The number of hydrogen-bond donors (Lipinski definition) is 0. The van der Waals surface area contributed by atoms with Gasteiger partial charge in [-0.15, -0.1) is 0 Å². The number of rotatable bonds is 1. The van der Waals surface area contributed by atoms with Crippen LogP contribution in [0.3, 0.4) is 0 Å². The molecule has 0 aliphatic rings. The van der Waals surface area contributed by atoms with Gasteiger partial charge in [-0.25, -0.2) is 0 Å². The third-order valence-corrected chi connectivity index (χ3v) is 2.76. The molecular weight excluding hydrogens is 289 g/mol. The first kappa shape index (κ1) is 10.0. The molecule has 1 aromatic heterocycles. The van der Waals surface area contributed by atoms with E-state index < -0.39 is 0 Å². The molecule has 1 heterocycles. The van der Waals surface area contributed by atoms with Crippen LogP contribution in [0.4, 0.5) is 0 Å². The number of benzene rings is 1. The van der Waals surface area contributed by atoms with Crippen molar-refractivity contribution in [3.63, 3.8) is 0 Å². The highest BCUT2D eigenvalue weighted by atomic mass is 79.9. The topological polar surface area (TPSA) is 26.0 Å². The lowest BCUT2D eigenvalue weighted by Crippen LogP contribution is -1.78. The van der Waals surface area contributed by atoms with Crippen molar-refractivity contribution in [3.8, 4) is 11.3 Å². The van der Waals surface area contributed by atoms with E-state index in [1.165, 1.54) is 0 Å². The molecule has 0 amide bonds. The fourth-order valence-electron chi connectivity index (χ4n) is 1.08. The minimum absolute atomic E-state index is 0.266. The van der Waals surface area contributed by atoms with E-state index in [-0.39, 0.29) is 5.22 Å². The number of hydrogen-bond acceptors (Lipinski definition) is 2. The van der Waals surface area contributed by atoms with Crippen molar-refractivity contribution in [2.75, 3.05) is 0 Å². The van der Waals surface area contributed by atoms with Crippen molar-refractivity contribution in [2.24, 2.45) is 0 Å². The van der Waals surface area contributed by atoms with Gasteiger partial charge in [0, 0.05) is 21.1 Å². The Morgan fingerprint density at radius 2 is 2.00 bits per heavy atom. The molecule has 2 nitrogen and oxygen atoms in total. The highest BCUT2D eigenvalue weighted by molar-refractivity contribution is 9.10. The van der Waals surface area contributed by atoms with Crippen LogP contribution < -0.4 is 0 Å². The second-order valence-electron chi connectivity index (χ2n) is 2.64. The molecule has 0 saturated carbocycles. The van der Waals surface area contributed by atoms with Gasteiger partial charge in [-0.3, -0.25) is 0 Å². The van der Waals surface area contributed by atoms with E-state index >= 15 is 0 Å². The third-order valence-electron chi connectivity index (χ3n) is 1.69. The molecule has 0 unspecified atom stereocenters. The van der Waals surface area contributed by atoms with E-state index in [1.807, 2.05) is 6.07 Å². The largest absolute Gasteiger partial charge is 0.344 e. The van der Waals surface area contributed by atoms with E-state index in [0.717, 1.165) is 10.0 Å². The maximum Gasteiger partial charge on any atom is 0.226 e. The molecule has 0 radical (unpaired) electrons. The lowest BCUT2D eigenvalue weighted by atomic mass is 10.2. The van der Waals surface area contributed by atoms with Crippen molar-refractivity contribution in [1.82, 2.24) is 5.16 Å². The second kappa shape index (κ2) is 3.93. The van der Waals surface area contributed by atoms with Gasteiger partial charge in [0.2, 0.25) is 5.22 Å². The molecule has 72 valence electrons. The van der Waals surface area contributed by atoms with Crippen molar-refractivity contribution < 1.29 is 4.52 Å². The average Bonchev–Trinajstić information content (AvgIpc) is 2.51. The van der Waals surface area contributed by atoms with Gasteiger partial charge >= 0.3 is 0 Å². The molecule has 0 aliphatic heterocycles. The van der Waals surface area contributed by atoms with E-state index in [0.29, 0.717) is 10.7 Å². The Kier molecular flexibility index (Phi) is 2.81. The van der Waals surface area contributed by atoms with Crippen molar-refractivity contribution in [1.29, 1.82) is 0 Å². The molecule has 0 spiro atoms. The van der Waals surface area contributed by atoms with Crippen LogP contribution in [-0.4, -0.2) is 5.16 Å². The molecule has 5 heteroatoms. The van der Waals surface area contributed by atoms with Gasteiger partial charge in [0.15, 0.2) is 0 Å². The average molecular weight is 293 g/mol. The normalized spacial score (nSPS) is 10.5. The Hall–Kier alpha value is -0.510. The first-order valence-electron chi connectivity index (χ1n) is 3.74. The Morgan fingerprint density at radius 1 is 1.21 bits per heavy atom. The van der Waals surface area contributed by atoms with Crippen LogP contribution in [0, 0.1) is 0 Å². The SMILES string of the molecule is Clc1ccc(-c2cc(Cl)on2)c(Br)c1. The first-order valence-corrected chi connectivity index (χ1v) is 5.29. The monoisotopic (exact) mass is 291 g/mol. The summed E-state index contributed by atoms with van der Waals surface area (Å²) in [4.78, 5) is 0. The summed E-state index contributed by atoms with van der Waals surface area (Å²) in [6.07, 6.45) is 0. The Morgan fingerprint density at radius 3 is 2.57 bits per heavy atom. The molecule has 2 aromatic rings. The quantitative estimate of drug-likeness (QED) is 0.778. The Bertz CT molecular complexity index is 470. The second-order valence-corrected chi connectivity index (χ2v) is 4.30. The predicted octanol–water partition coefficient (Wildman–Crippen LogP) is 4.41. The lowest BCUT2D eigenvalue weighted by Gasteiger charge is -1.99. The maximum absolute atomic E-state index is 5.81. The molecule has 1 aromatic carbocycles. The molecule has 0 aliphatic carbocycles. The fourth-order valence-corrected chi connectivity index (χ4v) is 2.10. The van der Waals surface area contributed by atoms with Crippen LogP contribution in [0.1, 0.15) is 0 Å². The minimum Gasteiger partial charge on any atom is -0.344 e. The molecule has 0 atom stereocenters. The van der Waals surface area contributed by atoms with Gasteiger partial charge in [0.25, 0.3) is 0 Å². The summed E-state index contributed by atoms with van der Waals surface area (Å²) >= 11 is 14.8. The summed E-state index contributed by atoms with van der Waals surface area (Å²) in [5.41, 5.74) is 1.57. The summed E-state index contributed by atoms with van der Waals surface area (Å²) < 4.78 is 5.62. The van der Waals surface area contributed by atoms with Gasteiger partial charge < -0.3 is 4.52 Å². The van der Waals surface area contributed by atoms with Crippen molar-refractivity contribution in [2.45, 2.75) is 0 Å². The van der Waals surface area contributed by atoms with Crippen LogP contribution in [0.25, 0.3) is 11.3 Å². The fraction of sp³-hybridized carbons (Fsp3) is 0. The molecule has 0 bridgehead atoms. The van der Waals surface area contributed by atoms with Gasteiger partial charge in [-0.1, -0.05) is 38.8 Å². The molecule has 14 heavy (non-hydrogen) atoms. The van der Waals surface area contributed by atoms with Gasteiger partial charge in [-0.2, -0.15) is 0 Å². The van der Waals surface area contributed by atoms with Crippen LogP contribution in [0.5, 0.6) is 0 Å². The predicted molar refractivity (Wildman–Crippen MR) is 59.7 cm³/mol. The number of halogens is 3. The van der Waals surface area contributed by atoms with E-state index in [1.54, 1.807) is 18.2 Å². The summed E-state index contributed by atoms with van der Waals surface area (Å²) in [7, 11) is 0. The van der Waals surface area contributed by atoms with Crippen LogP contribution in [-0.2, 0) is 0 Å². The van der Waals surface area contributed by atoms with Gasteiger partial charge in [-0.05, 0) is 23.7 Å². The highest BCUT2D eigenvalue weighted by Gasteiger charge is 2.08. The number of aromatic nitrogens is 1. The van der Waals surface area contributed by atoms with Crippen LogP contribution in [0.15, 0.2) is 33.3 Å². The number of nitrogens with zero attached hydrogens (tertiary/aromatic N) is 1. The summed E-state index contributed by atoms with van der Waals surface area (Å²) in [6.45, 7) is 0. The Balaban J connectivity index is 2.52. The summed E-state index contributed by atoms with van der Waals surface area (Å²) in [5, 5.41) is 4.72. The summed E-state index contributed by atoms with van der Waals surface area (Å²) in [6, 6.07) is 7.07. The summed E-state index contributed by atoms with van der Waals surface area (Å²) in [5.74, 6) is 0. The van der Waals surface area contributed by atoms with E-state index in [2.05, 4.69) is 21.1 Å². The smallest absolute Gasteiger partial charge is 0.226 e. The van der Waals surface area contributed by atoms with Gasteiger partial charge in [0.05, 0.1) is 0 Å². The minimum atomic E-state index is 0.266.